The van der Waals surface area contributed by atoms with E-state index < -0.39 is 17.9 Å². The third-order valence-electron chi connectivity index (χ3n) is 8.14. The summed E-state index contributed by atoms with van der Waals surface area (Å²) in [6.45, 7) is 2.93. The van der Waals surface area contributed by atoms with Gasteiger partial charge in [-0.3, -0.25) is 4.79 Å². The minimum absolute atomic E-state index is 0.183. The number of hydrogen-bond donors (Lipinski definition) is 3. The maximum absolute atomic E-state index is 13.2. The standard InChI is InChI=1S/C35H43ClN2O3/c1-2-3-4-5-9-22-37-32-21-20-30(36)24-31(32)34(39)38-33(35(40)41)23-25-12-14-27(15-13-25)29-18-16-28(17-19-29)26-10-7-6-8-11-26/h12-21,24,26,33,37H,2-11,22-23H2,1H3,(H,38,39)(H,40,41)/t33-/m0/s1. The monoisotopic (exact) mass is 574 g/mol. The van der Waals surface area contributed by atoms with Crippen LogP contribution in [0.5, 0.6) is 0 Å². The minimum atomic E-state index is -1.08. The molecule has 1 saturated carbocycles. The number of carbonyl (C=O) groups excluding carboxylic acids is 1. The van der Waals surface area contributed by atoms with Gasteiger partial charge < -0.3 is 15.7 Å². The molecule has 0 radical (unpaired) electrons. The molecule has 0 bridgehead atoms. The third-order valence-corrected chi connectivity index (χ3v) is 8.37. The molecule has 3 aromatic rings. The quantitative estimate of drug-likeness (QED) is 0.168. The second-order valence-corrected chi connectivity index (χ2v) is 11.7. The van der Waals surface area contributed by atoms with Gasteiger partial charge in [0.15, 0.2) is 0 Å². The van der Waals surface area contributed by atoms with Gasteiger partial charge in [0.05, 0.1) is 5.56 Å². The van der Waals surface area contributed by atoms with Crippen molar-refractivity contribution in [1.82, 2.24) is 5.32 Å². The van der Waals surface area contributed by atoms with E-state index >= 15 is 0 Å². The molecular formula is C35H43ClN2O3. The van der Waals surface area contributed by atoms with Crippen LogP contribution in [0.2, 0.25) is 5.02 Å². The second-order valence-electron chi connectivity index (χ2n) is 11.3. The van der Waals surface area contributed by atoms with Crippen molar-refractivity contribution in [1.29, 1.82) is 0 Å². The van der Waals surface area contributed by atoms with E-state index in [0.29, 0.717) is 22.2 Å². The Morgan fingerprint density at radius 3 is 2.20 bits per heavy atom. The molecule has 0 unspecified atom stereocenters. The van der Waals surface area contributed by atoms with Crippen molar-refractivity contribution in [2.75, 3.05) is 11.9 Å². The highest BCUT2D eigenvalue weighted by Crippen LogP contribution is 2.33. The van der Waals surface area contributed by atoms with Crippen molar-refractivity contribution in [3.05, 3.63) is 88.4 Å². The average molecular weight is 575 g/mol. The van der Waals surface area contributed by atoms with Crippen LogP contribution in [-0.4, -0.2) is 29.6 Å². The number of rotatable bonds is 14. The maximum Gasteiger partial charge on any atom is 0.326 e. The molecule has 0 heterocycles. The molecule has 3 N–H and O–H groups in total. The van der Waals surface area contributed by atoms with E-state index in [1.807, 2.05) is 24.3 Å². The molecule has 0 aromatic heterocycles. The van der Waals surface area contributed by atoms with E-state index in [1.165, 1.54) is 56.9 Å². The molecule has 5 nitrogen and oxygen atoms in total. The molecule has 0 aliphatic heterocycles. The highest BCUT2D eigenvalue weighted by molar-refractivity contribution is 6.31. The molecule has 1 aliphatic rings. The largest absolute Gasteiger partial charge is 0.480 e. The fourth-order valence-corrected chi connectivity index (χ4v) is 5.87. The van der Waals surface area contributed by atoms with Gasteiger partial charge in [-0.05, 0) is 65.6 Å². The van der Waals surface area contributed by atoms with Crippen LogP contribution in [0.3, 0.4) is 0 Å². The Kier molecular flexibility index (Phi) is 11.7. The van der Waals surface area contributed by atoms with Gasteiger partial charge in [0.25, 0.3) is 5.91 Å². The number of anilines is 1. The van der Waals surface area contributed by atoms with Gasteiger partial charge in [-0.2, -0.15) is 0 Å². The van der Waals surface area contributed by atoms with Gasteiger partial charge in [-0.1, -0.05) is 112 Å². The molecular weight excluding hydrogens is 532 g/mol. The molecule has 0 spiro atoms. The van der Waals surface area contributed by atoms with E-state index in [4.69, 9.17) is 11.6 Å². The predicted octanol–water partition coefficient (Wildman–Crippen LogP) is 8.86. The summed E-state index contributed by atoms with van der Waals surface area (Å²) >= 11 is 6.20. The van der Waals surface area contributed by atoms with E-state index in [-0.39, 0.29) is 6.42 Å². The van der Waals surface area contributed by atoms with E-state index in [0.717, 1.165) is 36.1 Å². The number of benzene rings is 3. The lowest BCUT2D eigenvalue weighted by Crippen LogP contribution is -2.42. The highest BCUT2D eigenvalue weighted by atomic mass is 35.5. The van der Waals surface area contributed by atoms with Gasteiger partial charge in [-0.15, -0.1) is 0 Å². The number of hydrogen-bond acceptors (Lipinski definition) is 3. The molecule has 41 heavy (non-hydrogen) atoms. The third kappa shape index (κ3) is 9.09. The predicted molar refractivity (Wildman–Crippen MR) is 169 cm³/mol. The Morgan fingerprint density at radius 1 is 0.878 bits per heavy atom. The van der Waals surface area contributed by atoms with Gasteiger partial charge in [-0.25, -0.2) is 4.79 Å². The lowest BCUT2D eigenvalue weighted by atomic mass is 9.83. The Morgan fingerprint density at radius 2 is 1.54 bits per heavy atom. The van der Waals surface area contributed by atoms with Crippen LogP contribution in [0.4, 0.5) is 5.69 Å². The van der Waals surface area contributed by atoms with E-state index in [9.17, 15) is 14.7 Å². The number of carboxylic acid groups (broad SMARTS) is 1. The van der Waals surface area contributed by atoms with Crippen molar-refractivity contribution >= 4 is 29.2 Å². The number of aliphatic carboxylic acids is 1. The SMILES string of the molecule is CCCCCCCNc1ccc(Cl)cc1C(=O)N[C@@H](Cc1ccc(-c2ccc(C3CCCCC3)cc2)cc1)C(=O)O. The molecule has 6 heteroatoms. The topological polar surface area (TPSA) is 78.4 Å². The number of carbonyl (C=O) groups is 2. The Labute approximate surface area is 249 Å². The Hall–Kier alpha value is -3.31. The van der Waals surface area contributed by atoms with Crippen LogP contribution in [0.25, 0.3) is 11.1 Å². The summed E-state index contributed by atoms with van der Waals surface area (Å²) in [6, 6.07) is 20.8. The molecule has 1 fully saturated rings. The minimum Gasteiger partial charge on any atom is -0.480 e. The van der Waals surface area contributed by atoms with Crippen LogP contribution < -0.4 is 10.6 Å². The first kappa shape index (κ1) is 30.6. The van der Waals surface area contributed by atoms with Crippen molar-refractivity contribution in [2.24, 2.45) is 0 Å². The van der Waals surface area contributed by atoms with Crippen LogP contribution in [0, 0.1) is 0 Å². The van der Waals surface area contributed by atoms with Crippen molar-refractivity contribution in [3.8, 4) is 11.1 Å². The van der Waals surface area contributed by atoms with Crippen molar-refractivity contribution in [3.63, 3.8) is 0 Å². The van der Waals surface area contributed by atoms with Crippen molar-refractivity contribution < 1.29 is 14.7 Å². The maximum atomic E-state index is 13.2. The number of unbranched alkanes of at least 4 members (excludes halogenated alkanes) is 4. The highest BCUT2D eigenvalue weighted by Gasteiger charge is 2.23. The molecule has 1 amide bonds. The summed E-state index contributed by atoms with van der Waals surface area (Å²) in [4.78, 5) is 25.3. The molecule has 0 saturated heterocycles. The summed E-state index contributed by atoms with van der Waals surface area (Å²) in [5.74, 6) is -0.853. The summed E-state index contributed by atoms with van der Waals surface area (Å²) in [6.07, 6.45) is 12.5. The first-order valence-corrected chi connectivity index (χ1v) is 15.6. The molecule has 3 aromatic carbocycles. The number of amides is 1. The van der Waals surface area contributed by atoms with Gasteiger partial charge in [0.2, 0.25) is 0 Å². The van der Waals surface area contributed by atoms with Crippen LogP contribution in [-0.2, 0) is 11.2 Å². The molecule has 1 aliphatic carbocycles. The lowest BCUT2D eigenvalue weighted by Gasteiger charge is -2.22. The zero-order valence-corrected chi connectivity index (χ0v) is 24.9. The van der Waals surface area contributed by atoms with Gasteiger partial charge in [0.1, 0.15) is 6.04 Å². The molecule has 4 rings (SSSR count). The molecule has 218 valence electrons. The summed E-state index contributed by atoms with van der Waals surface area (Å²) in [7, 11) is 0. The number of nitrogens with one attached hydrogen (secondary N) is 2. The second kappa shape index (κ2) is 15.6. The zero-order chi connectivity index (χ0) is 29.0. The van der Waals surface area contributed by atoms with Crippen LogP contribution in [0.15, 0.2) is 66.7 Å². The fourth-order valence-electron chi connectivity index (χ4n) is 5.70. The van der Waals surface area contributed by atoms with Crippen molar-refractivity contribution in [2.45, 2.75) is 89.5 Å². The first-order chi connectivity index (χ1) is 19.9. The summed E-state index contributed by atoms with van der Waals surface area (Å²) < 4.78 is 0. The van der Waals surface area contributed by atoms with E-state index in [2.05, 4.69) is 41.8 Å². The summed E-state index contributed by atoms with van der Waals surface area (Å²) in [5.41, 5.74) is 5.51. The Bertz CT molecular complexity index is 1270. The summed E-state index contributed by atoms with van der Waals surface area (Å²) in [5, 5.41) is 16.4. The number of carboxylic acids is 1. The van der Waals surface area contributed by atoms with Gasteiger partial charge in [0, 0.05) is 23.7 Å². The average Bonchev–Trinajstić information content (AvgIpc) is 3.00. The van der Waals surface area contributed by atoms with Crippen LogP contribution in [0.1, 0.15) is 98.5 Å². The van der Waals surface area contributed by atoms with Gasteiger partial charge >= 0.3 is 5.97 Å². The lowest BCUT2D eigenvalue weighted by molar-refractivity contribution is -0.139. The smallest absolute Gasteiger partial charge is 0.326 e. The van der Waals surface area contributed by atoms with Crippen LogP contribution >= 0.6 is 11.6 Å². The zero-order valence-electron chi connectivity index (χ0n) is 24.1. The Balaban J connectivity index is 1.37. The number of halogens is 1. The first-order valence-electron chi connectivity index (χ1n) is 15.2. The fraction of sp³-hybridized carbons (Fsp3) is 0.429. The molecule has 1 atom stereocenters. The normalized spacial score (nSPS) is 14.4. The van der Waals surface area contributed by atoms with E-state index in [1.54, 1.807) is 18.2 Å².